The van der Waals surface area contributed by atoms with Crippen LogP contribution in [-0.2, 0) is 21.6 Å². The van der Waals surface area contributed by atoms with Crippen molar-refractivity contribution in [2.75, 3.05) is 13.2 Å². The van der Waals surface area contributed by atoms with Crippen LogP contribution in [-0.4, -0.2) is 40.3 Å². The summed E-state index contributed by atoms with van der Waals surface area (Å²) < 4.78 is 12.0. The number of hydrogen-bond acceptors (Lipinski definition) is 7. The summed E-state index contributed by atoms with van der Waals surface area (Å²) in [7, 11) is 0. The maximum Gasteiger partial charge on any atom is 0.340 e. The molecule has 3 aromatic carbocycles. The number of rotatable bonds is 6. The van der Waals surface area contributed by atoms with Crippen LogP contribution < -0.4 is 10.1 Å². The van der Waals surface area contributed by atoms with Gasteiger partial charge in [-0.3, -0.25) is 4.79 Å². The molecule has 0 unspecified atom stereocenters. The predicted molar refractivity (Wildman–Crippen MR) is 121 cm³/mol. The topological polar surface area (TPSA) is 125 Å². The Hall–Kier alpha value is -4.04. The Kier molecular flexibility index (Phi) is 5.37. The molecule has 3 aromatic rings. The van der Waals surface area contributed by atoms with Gasteiger partial charge < -0.3 is 30.1 Å². The summed E-state index contributed by atoms with van der Waals surface area (Å²) in [5, 5.41) is 31.8. The van der Waals surface area contributed by atoms with Crippen molar-refractivity contribution < 1.29 is 34.4 Å². The smallest absolute Gasteiger partial charge is 0.340 e. The van der Waals surface area contributed by atoms with Crippen LogP contribution in [0.4, 0.5) is 0 Å². The van der Waals surface area contributed by atoms with Crippen molar-refractivity contribution in [3.63, 3.8) is 0 Å². The van der Waals surface area contributed by atoms with Crippen molar-refractivity contribution in [2.45, 2.75) is 24.9 Å². The second-order valence-electron chi connectivity index (χ2n) is 8.37. The second kappa shape index (κ2) is 8.39. The highest BCUT2D eigenvalue weighted by atomic mass is 16.6. The van der Waals surface area contributed by atoms with Gasteiger partial charge in [-0.15, -0.1) is 0 Å². The van der Waals surface area contributed by atoms with Crippen molar-refractivity contribution in [3.8, 4) is 23.0 Å². The first-order chi connectivity index (χ1) is 16.4. The Bertz CT molecular complexity index is 1250. The summed E-state index contributed by atoms with van der Waals surface area (Å²) in [6.07, 6.45) is 1.41. The molecule has 2 heterocycles. The highest BCUT2D eigenvalue weighted by molar-refractivity contribution is 5.97. The molecular formula is C26H23NO7. The van der Waals surface area contributed by atoms with Crippen LogP contribution in [0.1, 0.15) is 45.5 Å². The zero-order valence-electron chi connectivity index (χ0n) is 18.2. The van der Waals surface area contributed by atoms with Crippen molar-refractivity contribution in [1.82, 2.24) is 5.32 Å². The van der Waals surface area contributed by atoms with E-state index in [1.54, 1.807) is 30.3 Å². The minimum absolute atomic E-state index is 0.0198. The van der Waals surface area contributed by atoms with Crippen molar-refractivity contribution >= 4 is 11.9 Å². The third-order valence-electron chi connectivity index (χ3n) is 6.11. The third kappa shape index (κ3) is 3.52. The van der Waals surface area contributed by atoms with Crippen LogP contribution >= 0.6 is 0 Å². The number of esters is 1. The first-order valence-electron chi connectivity index (χ1n) is 11.0. The van der Waals surface area contributed by atoms with Crippen LogP contribution in [0.25, 0.3) is 0 Å². The Morgan fingerprint density at radius 1 is 0.882 bits per heavy atom. The highest BCUT2D eigenvalue weighted by Crippen LogP contribution is 2.57. The number of nitrogens with one attached hydrogen (secondary N) is 1. The number of aromatic hydroxyl groups is 2. The molecule has 0 aliphatic carbocycles. The van der Waals surface area contributed by atoms with E-state index in [0.29, 0.717) is 58.7 Å². The van der Waals surface area contributed by atoms with E-state index in [4.69, 9.17) is 14.6 Å². The van der Waals surface area contributed by atoms with Crippen LogP contribution in [0, 0.1) is 0 Å². The lowest BCUT2D eigenvalue weighted by Crippen LogP contribution is -2.33. The van der Waals surface area contributed by atoms with Gasteiger partial charge in [-0.2, -0.15) is 0 Å². The highest BCUT2D eigenvalue weighted by Gasteiger charge is 2.53. The molecule has 4 N–H and O–H groups in total. The Labute approximate surface area is 195 Å². The molecule has 2 aliphatic heterocycles. The Morgan fingerprint density at radius 3 is 2.21 bits per heavy atom. The van der Waals surface area contributed by atoms with E-state index in [0.717, 1.165) is 0 Å². The lowest BCUT2D eigenvalue weighted by molar-refractivity contribution is -0.120. The largest absolute Gasteiger partial charge is 0.508 e. The molecule has 1 amide bonds. The monoisotopic (exact) mass is 461 g/mol. The van der Waals surface area contributed by atoms with Gasteiger partial charge in [-0.25, -0.2) is 4.79 Å². The number of fused-ring (bicyclic) bond motifs is 6. The maximum atomic E-state index is 13.0. The number of aliphatic hydroxyl groups is 1. The quantitative estimate of drug-likeness (QED) is 0.328. The van der Waals surface area contributed by atoms with Crippen LogP contribution in [0.3, 0.4) is 0 Å². The fourth-order valence-electron chi connectivity index (χ4n) is 4.57. The SMILES string of the molecule is O=C(Cc1ccc2c(c1)C1(OC2=O)c2ccc(O)cc2Oc2cc(O)ccc21)NCCCCO. The van der Waals surface area contributed by atoms with E-state index in [1.165, 1.54) is 24.3 Å². The summed E-state index contributed by atoms with van der Waals surface area (Å²) >= 11 is 0. The molecule has 5 rings (SSSR count). The molecular weight excluding hydrogens is 438 g/mol. The Morgan fingerprint density at radius 2 is 1.56 bits per heavy atom. The number of benzene rings is 3. The number of hydrogen-bond donors (Lipinski definition) is 4. The standard InChI is InChI=1S/C26H23NO7/c28-10-2-1-9-27-24(31)12-15-3-6-18-21(11-15)26(34-25(18)32)19-7-4-16(29)13-22(19)33-23-14-17(30)5-8-20(23)26/h3-8,11,13-14,28-30H,1-2,9-10,12H2,(H,27,31). The van der Waals surface area contributed by atoms with Crippen LogP contribution in [0.15, 0.2) is 54.6 Å². The summed E-state index contributed by atoms with van der Waals surface area (Å²) in [6.45, 7) is 0.556. The summed E-state index contributed by atoms with van der Waals surface area (Å²) in [5.41, 5.74) is 1.33. The molecule has 8 heteroatoms. The summed E-state index contributed by atoms with van der Waals surface area (Å²) in [5.74, 6) is -0.131. The molecule has 0 bridgehead atoms. The molecule has 0 saturated carbocycles. The number of ether oxygens (including phenoxy) is 2. The average molecular weight is 461 g/mol. The minimum atomic E-state index is -1.36. The normalized spacial score (nSPS) is 14.6. The third-order valence-corrected chi connectivity index (χ3v) is 6.11. The molecule has 34 heavy (non-hydrogen) atoms. The van der Waals surface area contributed by atoms with Gasteiger partial charge >= 0.3 is 5.97 Å². The zero-order valence-corrected chi connectivity index (χ0v) is 18.2. The summed E-state index contributed by atoms with van der Waals surface area (Å²) in [6, 6.07) is 14.3. The number of carbonyl (C=O) groups excluding carboxylic acids is 2. The molecule has 0 radical (unpaired) electrons. The zero-order chi connectivity index (χ0) is 23.9. The van der Waals surface area contributed by atoms with E-state index in [-0.39, 0.29) is 30.4 Å². The van der Waals surface area contributed by atoms with Gasteiger partial charge in [0.1, 0.15) is 23.0 Å². The van der Waals surface area contributed by atoms with Gasteiger partial charge in [-0.1, -0.05) is 6.07 Å². The van der Waals surface area contributed by atoms with E-state index in [9.17, 15) is 19.8 Å². The Balaban J connectivity index is 1.59. The number of phenols is 2. The number of carbonyl (C=O) groups is 2. The molecule has 0 saturated heterocycles. The van der Waals surface area contributed by atoms with Gasteiger partial charge in [-0.05, 0) is 54.8 Å². The number of phenolic OH excluding ortho intramolecular Hbond substituents is 2. The molecule has 8 nitrogen and oxygen atoms in total. The first kappa shape index (κ1) is 21.8. The lowest BCUT2D eigenvalue weighted by atomic mass is 9.77. The molecule has 2 aliphatic rings. The number of amides is 1. The van der Waals surface area contributed by atoms with Gasteiger partial charge in [0.2, 0.25) is 5.91 Å². The van der Waals surface area contributed by atoms with Gasteiger partial charge in [0.15, 0.2) is 5.60 Å². The van der Waals surface area contributed by atoms with Gasteiger partial charge in [0, 0.05) is 42.0 Å². The number of unbranched alkanes of at least 4 members (excludes halogenated alkanes) is 1. The molecule has 0 aromatic heterocycles. The van der Waals surface area contributed by atoms with Crippen LogP contribution in [0.5, 0.6) is 23.0 Å². The fourth-order valence-corrected chi connectivity index (χ4v) is 4.57. The van der Waals surface area contributed by atoms with E-state index in [2.05, 4.69) is 5.32 Å². The lowest BCUT2D eigenvalue weighted by Gasteiger charge is -2.36. The molecule has 0 atom stereocenters. The van der Waals surface area contributed by atoms with E-state index >= 15 is 0 Å². The first-order valence-corrected chi connectivity index (χ1v) is 11.0. The average Bonchev–Trinajstić information content (AvgIpc) is 3.08. The van der Waals surface area contributed by atoms with Crippen molar-refractivity contribution in [2.24, 2.45) is 0 Å². The summed E-state index contributed by atoms with van der Waals surface area (Å²) in [4.78, 5) is 25.4. The minimum Gasteiger partial charge on any atom is -0.508 e. The second-order valence-corrected chi connectivity index (χ2v) is 8.37. The van der Waals surface area contributed by atoms with E-state index < -0.39 is 11.6 Å². The van der Waals surface area contributed by atoms with Crippen LogP contribution in [0.2, 0.25) is 0 Å². The van der Waals surface area contributed by atoms with Gasteiger partial charge in [0.25, 0.3) is 0 Å². The molecule has 1 spiro atoms. The maximum absolute atomic E-state index is 13.0. The van der Waals surface area contributed by atoms with E-state index in [1.807, 2.05) is 0 Å². The van der Waals surface area contributed by atoms with Crippen molar-refractivity contribution in [1.29, 1.82) is 0 Å². The number of aliphatic hydroxyl groups excluding tert-OH is 1. The van der Waals surface area contributed by atoms with Crippen molar-refractivity contribution in [3.05, 3.63) is 82.4 Å². The predicted octanol–water partition coefficient (Wildman–Crippen LogP) is 3.10. The van der Waals surface area contributed by atoms with Gasteiger partial charge in [0.05, 0.1) is 12.0 Å². The fraction of sp³-hybridized carbons (Fsp3) is 0.231. The molecule has 0 fully saturated rings. The molecule has 174 valence electrons.